The Hall–Kier alpha value is -0.430. The number of halogens is 1. The van der Waals surface area contributed by atoms with Crippen LogP contribution < -0.4 is 5.73 Å². The SMILES string of the molecule is Cc1cc(S(=O)(=O)N2CC(C)CC(N)C2)ccc1Br. The van der Waals surface area contributed by atoms with Gasteiger partial charge in [-0.1, -0.05) is 22.9 Å². The number of benzene rings is 1. The van der Waals surface area contributed by atoms with E-state index in [0.717, 1.165) is 16.5 Å². The first-order valence-electron chi connectivity index (χ1n) is 6.32. The Morgan fingerprint density at radius 1 is 1.37 bits per heavy atom. The molecule has 1 aromatic rings. The standard InChI is InChI=1S/C13H19BrN2O2S/c1-9-5-11(15)8-16(7-9)19(17,18)12-3-4-13(14)10(2)6-12/h3-4,6,9,11H,5,7-8,15H2,1-2H3. The maximum absolute atomic E-state index is 12.6. The third-order valence-electron chi connectivity index (χ3n) is 3.43. The highest BCUT2D eigenvalue weighted by molar-refractivity contribution is 9.10. The number of aryl methyl sites for hydroxylation is 1. The van der Waals surface area contributed by atoms with Crippen LogP contribution in [0.25, 0.3) is 0 Å². The molecule has 1 aliphatic heterocycles. The monoisotopic (exact) mass is 346 g/mol. The lowest BCUT2D eigenvalue weighted by atomic mass is 9.99. The highest BCUT2D eigenvalue weighted by Crippen LogP contribution is 2.26. The number of hydrogen-bond acceptors (Lipinski definition) is 3. The number of sulfonamides is 1. The minimum Gasteiger partial charge on any atom is -0.326 e. The fourth-order valence-corrected chi connectivity index (χ4v) is 4.42. The lowest BCUT2D eigenvalue weighted by Crippen LogP contribution is -2.48. The van der Waals surface area contributed by atoms with Crippen LogP contribution in [-0.4, -0.2) is 31.9 Å². The van der Waals surface area contributed by atoms with Crippen molar-refractivity contribution in [2.45, 2.75) is 31.2 Å². The Bertz CT molecular complexity index is 564. The third-order valence-corrected chi connectivity index (χ3v) is 6.14. The minimum atomic E-state index is -3.43. The lowest BCUT2D eigenvalue weighted by molar-refractivity contribution is 0.254. The first kappa shape index (κ1) is 15.0. The quantitative estimate of drug-likeness (QED) is 0.891. The van der Waals surface area contributed by atoms with Crippen molar-refractivity contribution in [1.82, 2.24) is 4.31 Å². The van der Waals surface area contributed by atoms with Gasteiger partial charge in [-0.2, -0.15) is 4.31 Å². The zero-order valence-corrected chi connectivity index (χ0v) is 13.5. The number of rotatable bonds is 2. The third kappa shape index (κ3) is 3.18. The van der Waals surface area contributed by atoms with Crippen molar-refractivity contribution in [1.29, 1.82) is 0 Å². The van der Waals surface area contributed by atoms with E-state index in [1.807, 2.05) is 13.8 Å². The average Bonchev–Trinajstić information content (AvgIpc) is 2.31. The molecule has 106 valence electrons. The van der Waals surface area contributed by atoms with Gasteiger partial charge in [0.2, 0.25) is 10.0 Å². The van der Waals surface area contributed by atoms with Crippen molar-refractivity contribution >= 4 is 26.0 Å². The molecule has 6 heteroatoms. The van der Waals surface area contributed by atoms with E-state index in [1.54, 1.807) is 18.2 Å². The van der Waals surface area contributed by atoms with E-state index >= 15 is 0 Å². The first-order valence-corrected chi connectivity index (χ1v) is 8.56. The van der Waals surface area contributed by atoms with Crippen LogP contribution in [-0.2, 0) is 10.0 Å². The van der Waals surface area contributed by atoms with Crippen LogP contribution in [0.5, 0.6) is 0 Å². The molecular formula is C13H19BrN2O2S. The Balaban J connectivity index is 2.33. The van der Waals surface area contributed by atoms with Crippen molar-refractivity contribution in [2.75, 3.05) is 13.1 Å². The molecule has 0 bridgehead atoms. The zero-order valence-electron chi connectivity index (χ0n) is 11.1. The second-order valence-electron chi connectivity index (χ2n) is 5.33. The number of piperidine rings is 1. The van der Waals surface area contributed by atoms with Crippen molar-refractivity contribution < 1.29 is 8.42 Å². The second kappa shape index (κ2) is 5.52. The van der Waals surface area contributed by atoms with Crippen molar-refractivity contribution in [3.05, 3.63) is 28.2 Å². The highest BCUT2D eigenvalue weighted by atomic mass is 79.9. The van der Waals surface area contributed by atoms with Crippen LogP contribution in [0, 0.1) is 12.8 Å². The largest absolute Gasteiger partial charge is 0.326 e. The van der Waals surface area contributed by atoms with Crippen LogP contribution in [0.15, 0.2) is 27.6 Å². The molecule has 0 aliphatic carbocycles. The van der Waals surface area contributed by atoms with Crippen molar-refractivity contribution in [3.63, 3.8) is 0 Å². The van der Waals surface area contributed by atoms with Crippen molar-refractivity contribution in [2.24, 2.45) is 11.7 Å². The molecule has 1 aromatic carbocycles. The summed E-state index contributed by atoms with van der Waals surface area (Å²) in [6.07, 6.45) is 0.880. The fraction of sp³-hybridized carbons (Fsp3) is 0.538. The summed E-state index contributed by atoms with van der Waals surface area (Å²) in [5, 5.41) is 0. The summed E-state index contributed by atoms with van der Waals surface area (Å²) >= 11 is 3.38. The van der Waals surface area contributed by atoms with Gasteiger partial charge in [-0.15, -0.1) is 0 Å². The Labute approximate surface area is 123 Å². The van der Waals surface area contributed by atoms with E-state index in [4.69, 9.17) is 5.73 Å². The van der Waals surface area contributed by atoms with Crippen LogP contribution >= 0.6 is 15.9 Å². The molecule has 1 fully saturated rings. The van der Waals surface area contributed by atoms with Gasteiger partial charge in [-0.25, -0.2) is 8.42 Å². The van der Waals surface area contributed by atoms with E-state index in [9.17, 15) is 8.42 Å². The van der Waals surface area contributed by atoms with Gasteiger partial charge in [0, 0.05) is 23.6 Å². The zero-order chi connectivity index (χ0) is 14.2. The number of nitrogens with two attached hydrogens (primary N) is 1. The summed E-state index contributed by atoms with van der Waals surface area (Å²) in [4.78, 5) is 0.342. The summed E-state index contributed by atoms with van der Waals surface area (Å²) < 4.78 is 27.6. The first-order chi connectivity index (χ1) is 8.80. The fourth-order valence-electron chi connectivity index (χ4n) is 2.47. The predicted octanol–water partition coefficient (Wildman–Crippen LogP) is 2.12. The molecule has 2 rings (SSSR count). The Morgan fingerprint density at radius 3 is 2.63 bits per heavy atom. The molecule has 0 radical (unpaired) electrons. The predicted molar refractivity (Wildman–Crippen MR) is 79.4 cm³/mol. The molecule has 1 heterocycles. The van der Waals surface area contributed by atoms with Gasteiger partial charge in [0.15, 0.2) is 0 Å². The van der Waals surface area contributed by atoms with Gasteiger partial charge in [0.25, 0.3) is 0 Å². The van der Waals surface area contributed by atoms with Gasteiger partial charge < -0.3 is 5.73 Å². The average molecular weight is 347 g/mol. The Morgan fingerprint density at radius 2 is 2.05 bits per heavy atom. The van der Waals surface area contributed by atoms with Crippen LogP contribution in [0.4, 0.5) is 0 Å². The molecule has 2 unspecified atom stereocenters. The summed E-state index contributed by atoms with van der Waals surface area (Å²) in [6.45, 7) is 4.87. The van der Waals surface area contributed by atoms with Crippen LogP contribution in [0.1, 0.15) is 18.9 Å². The van der Waals surface area contributed by atoms with E-state index in [1.165, 1.54) is 4.31 Å². The highest BCUT2D eigenvalue weighted by Gasteiger charge is 2.31. The molecule has 1 aliphatic rings. The number of nitrogens with zero attached hydrogens (tertiary/aromatic N) is 1. The van der Waals surface area contributed by atoms with Gasteiger partial charge >= 0.3 is 0 Å². The van der Waals surface area contributed by atoms with Crippen molar-refractivity contribution in [3.8, 4) is 0 Å². The molecule has 0 amide bonds. The molecule has 4 nitrogen and oxygen atoms in total. The maximum Gasteiger partial charge on any atom is 0.243 e. The molecule has 2 N–H and O–H groups in total. The number of hydrogen-bond donors (Lipinski definition) is 1. The summed E-state index contributed by atoms with van der Waals surface area (Å²) in [5.41, 5.74) is 6.84. The Kier molecular flexibility index (Phi) is 4.35. The lowest BCUT2D eigenvalue weighted by Gasteiger charge is -2.33. The summed E-state index contributed by atoms with van der Waals surface area (Å²) in [6, 6.07) is 5.03. The van der Waals surface area contributed by atoms with E-state index in [2.05, 4.69) is 15.9 Å². The molecule has 0 aromatic heterocycles. The van der Waals surface area contributed by atoms with Gasteiger partial charge in [0.05, 0.1) is 4.90 Å². The van der Waals surface area contributed by atoms with E-state index < -0.39 is 10.0 Å². The summed E-state index contributed by atoms with van der Waals surface area (Å²) in [7, 11) is -3.43. The van der Waals surface area contributed by atoms with E-state index in [0.29, 0.717) is 23.9 Å². The van der Waals surface area contributed by atoms with Gasteiger partial charge in [0.1, 0.15) is 0 Å². The topological polar surface area (TPSA) is 63.4 Å². The molecule has 0 spiro atoms. The van der Waals surface area contributed by atoms with Crippen LogP contribution in [0.3, 0.4) is 0 Å². The maximum atomic E-state index is 12.6. The molecule has 0 saturated carbocycles. The normalized spacial score (nSPS) is 25.5. The molecule has 19 heavy (non-hydrogen) atoms. The van der Waals surface area contributed by atoms with Crippen LogP contribution in [0.2, 0.25) is 0 Å². The van der Waals surface area contributed by atoms with Gasteiger partial charge in [-0.3, -0.25) is 0 Å². The molecule has 1 saturated heterocycles. The van der Waals surface area contributed by atoms with E-state index in [-0.39, 0.29) is 6.04 Å². The smallest absolute Gasteiger partial charge is 0.243 e. The molecular weight excluding hydrogens is 328 g/mol. The minimum absolute atomic E-state index is 0.0740. The second-order valence-corrected chi connectivity index (χ2v) is 8.13. The summed E-state index contributed by atoms with van der Waals surface area (Å²) in [5.74, 6) is 0.301. The van der Waals surface area contributed by atoms with Gasteiger partial charge in [-0.05, 0) is 43.0 Å². The molecule has 2 atom stereocenters.